The van der Waals surface area contributed by atoms with Crippen molar-refractivity contribution in [1.29, 1.82) is 0 Å². The molecule has 3 rings (SSSR count). The van der Waals surface area contributed by atoms with Crippen LogP contribution in [0.1, 0.15) is 40.1 Å². The van der Waals surface area contributed by atoms with Crippen LogP contribution in [0, 0.1) is 0 Å². The van der Waals surface area contributed by atoms with Gasteiger partial charge >= 0.3 is 5.97 Å². The number of aromatic carboxylic acids is 1. The SMILES string of the molecule is CC(C)(CNC(=O)c1cccc(C(=O)O)c1)c1ccc2c(c1)OCO2. The fourth-order valence-corrected chi connectivity index (χ4v) is 2.62. The minimum Gasteiger partial charge on any atom is -0.478 e. The topological polar surface area (TPSA) is 84.9 Å². The summed E-state index contributed by atoms with van der Waals surface area (Å²) >= 11 is 0. The van der Waals surface area contributed by atoms with Gasteiger partial charge in [-0.2, -0.15) is 0 Å². The van der Waals surface area contributed by atoms with Crippen molar-refractivity contribution in [2.45, 2.75) is 19.3 Å². The summed E-state index contributed by atoms with van der Waals surface area (Å²) in [5.74, 6) is 0.0485. The first-order valence-corrected chi connectivity index (χ1v) is 7.88. The molecule has 1 amide bonds. The van der Waals surface area contributed by atoms with Crippen molar-refractivity contribution in [1.82, 2.24) is 5.32 Å². The summed E-state index contributed by atoms with van der Waals surface area (Å²) in [4.78, 5) is 23.4. The van der Waals surface area contributed by atoms with Crippen molar-refractivity contribution in [3.63, 3.8) is 0 Å². The summed E-state index contributed by atoms with van der Waals surface area (Å²) in [6, 6.07) is 11.7. The molecule has 6 nitrogen and oxygen atoms in total. The van der Waals surface area contributed by atoms with E-state index < -0.39 is 5.97 Å². The molecular weight excluding hydrogens is 322 g/mol. The number of hydrogen-bond donors (Lipinski definition) is 2. The standard InChI is InChI=1S/C19H19NO5/c1-19(2,14-6-7-15-16(9-14)25-11-24-15)10-20-17(21)12-4-3-5-13(8-12)18(22)23/h3-9H,10-11H2,1-2H3,(H,20,21)(H,22,23). The molecule has 6 heteroatoms. The lowest BCUT2D eigenvalue weighted by Crippen LogP contribution is -2.36. The first kappa shape index (κ1) is 16.8. The van der Waals surface area contributed by atoms with Crippen LogP contribution < -0.4 is 14.8 Å². The Morgan fingerprint density at radius 2 is 1.80 bits per heavy atom. The van der Waals surface area contributed by atoms with Crippen LogP contribution in [0.3, 0.4) is 0 Å². The molecule has 2 aromatic carbocycles. The van der Waals surface area contributed by atoms with Gasteiger partial charge in [0.25, 0.3) is 5.91 Å². The van der Waals surface area contributed by atoms with Crippen LogP contribution in [0.5, 0.6) is 11.5 Å². The van der Waals surface area contributed by atoms with Crippen molar-refractivity contribution in [3.05, 3.63) is 59.2 Å². The summed E-state index contributed by atoms with van der Waals surface area (Å²) < 4.78 is 10.7. The van der Waals surface area contributed by atoms with Crippen LogP contribution in [0.2, 0.25) is 0 Å². The molecule has 0 spiro atoms. The average Bonchev–Trinajstić information content (AvgIpc) is 3.07. The number of carbonyl (C=O) groups excluding carboxylic acids is 1. The molecule has 0 atom stereocenters. The molecule has 0 unspecified atom stereocenters. The second-order valence-corrected chi connectivity index (χ2v) is 6.52. The van der Waals surface area contributed by atoms with Crippen LogP contribution >= 0.6 is 0 Å². The molecule has 0 fully saturated rings. The molecule has 2 N–H and O–H groups in total. The lowest BCUT2D eigenvalue weighted by molar-refractivity contribution is 0.0697. The molecule has 1 aliphatic heterocycles. The first-order chi connectivity index (χ1) is 11.9. The highest BCUT2D eigenvalue weighted by molar-refractivity contribution is 5.97. The van der Waals surface area contributed by atoms with E-state index in [9.17, 15) is 9.59 Å². The maximum Gasteiger partial charge on any atom is 0.335 e. The van der Waals surface area contributed by atoms with Gasteiger partial charge in [-0.05, 0) is 35.9 Å². The predicted molar refractivity (Wildman–Crippen MR) is 91.3 cm³/mol. The van der Waals surface area contributed by atoms with Crippen LogP contribution in [0.4, 0.5) is 0 Å². The molecule has 0 aromatic heterocycles. The van der Waals surface area contributed by atoms with E-state index in [2.05, 4.69) is 5.32 Å². The molecule has 1 heterocycles. The van der Waals surface area contributed by atoms with E-state index in [1.807, 2.05) is 32.0 Å². The third-order valence-corrected chi connectivity index (χ3v) is 4.22. The van der Waals surface area contributed by atoms with Gasteiger partial charge in [-0.3, -0.25) is 4.79 Å². The third-order valence-electron chi connectivity index (χ3n) is 4.22. The Morgan fingerprint density at radius 1 is 1.08 bits per heavy atom. The van der Waals surface area contributed by atoms with Crippen LogP contribution in [-0.2, 0) is 5.41 Å². The number of carboxylic acids is 1. The van der Waals surface area contributed by atoms with Crippen molar-refractivity contribution < 1.29 is 24.2 Å². The normalized spacial score (nSPS) is 12.7. The molecule has 0 bridgehead atoms. The molecular formula is C19H19NO5. The van der Waals surface area contributed by atoms with E-state index in [-0.39, 0.29) is 23.7 Å². The van der Waals surface area contributed by atoms with Gasteiger partial charge in [-0.1, -0.05) is 26.0 Å². The van der Waals surface area contributed by atoms with E-state index in [0.29, 0.717) is 23.6 Å². The van der Waals surface area contributed by atoms with Gasteiger partial charge in [0, 0.05) is 17.5 Å². The van der Waals surface area contributed by atoms with E-state index in [4.69, 9.17) is 14.6 Å². The van der Waals surface area contributed by atoms with Crippen molar-refractivity contribution in [2.75, 3.05) is 13.3 Å². The maximum absolute atomic E-state index is 12.3. The lowest BCUT2D eigenvalue weighted by Gasteiger charge is -2.26. The molecule has 0 aliphatic carbocycles. The van der Waals surface area contributed by atoms with Gasteiger partial charge in [0.2, 0.25) is 6.79 Å². The second kappa shape index (κ2) is 6.47. The zero-order valence-electron chi connectivity index (χ0n) is 14.0. The molecule has 0 radical (unpaired) electrons. The minimum absolute atomic E-state index is 0.0858. The number of hydrogen-bond acceptors (Lipinski definition) is 4. The molecule has 1 aliphatic rings. The average molecular weight is 341 g/mol. The number of fused-ring (bicyclic) bond motifs is 1. The Hall–Kier alpha value is -3.02. The number of amides is 1. The quantitative estimate of drug-likeness (QED) is 0.873. The van der Waals surface area contributed by atoms with E-state index in [1.54, 1.807) is 12.1 Å². The molecule has 130 valence electrons. The summed E-state index contributed by atoms with van der Waals surface area (Å²) in [5.41, 5.74) is 1.08. The lowest BCUT2D eigenvalue weighted by atomic mass is 9.84. The Morgan fingerprint density at radius 3 is 2.56 bits per heavy atom. The Labute approximate surface area is 145 Å². The number of carbonyl (C=O) groups is 2. The summed E-state index contributed by atoms with van der Waals surface area (Å²) in [6.45, 7) is 4.63. The first-order valence-electron chi connectivity index (χ1n) is 7.88. The molecule has 0 saturated carbocycles. The number of benzene rings is 2. The Bertz CT molecular complexity index is 828. The van der Waals surface area contributed by atoms with Gasteiger partial charge in [-0.15, -0.1) is 0 Å². The van der Waals surface area contributed by atoms with Crippen LogP contribution in [0.15, 0.2) is 42.5 Å². The Kier molecular flexibility index (Phi) is 4.35. The van der Waals surface area contributed by atoms with Gasteiger partial charge in [0.05, 0.1) is 5.56 Å². The number of rotatable bonds is 5. The van der Waals surface area contributed by atoms with E-state index in [0.717, 1.165) is 5.56 Å². The van der Waals surface area contributed by atoms with Crippen LogP contribution in [-0.4, -0.2) is 30.3 Å². The molecule has 2 aromatic rings. The summed E-state index contributed by atoms with van der Waals surface area (Å²) in [7, 11) is 0. The van der Waals surface area contributed by atoms with Crippen molar-refractivity contribution in [2.24, 2.45) is 0 Å². The summed E-state index contributed by atoms with van der Waals surface area (Å²) in [6.07, 6.45) is 0. The van der Waals surface area contributed by atoms with Crippen molar-refractivity contribution >= 4 is 11.9 Å². The Balaban J connectivity index is 1.70. The maximum atomic E-state index is 12.3. The largest absolute Gasteiger partial charge is 0.478 e. The third kappa shape index (κ3) is 3.57. The second-order valence-electron chi connectivity index (χ2n) is 6.52. The summed E-state index contributed by atoms with van der Waals surface area (Å²) in [5, 5.41) is 11.9. The minimum atomic E-state index is -1.06. The van der Waals surface area contributed by atoms with E-state index >= 15 is 0 Å². The fourth-order valence-electron chi connectivity index (χ4n) is 2.62. The zero-order chi connectivity index (χ0) is 18.0. The zero-order valence-corrected chi connectivity index (χ0v) is 14.0. The molecule has 0 saturated heterocycles. The highest BCUT2D eigenvalue weighted by atomic mass is 16.7. The number of ether oxygens (including phenoxy) is 2. The number of carboxylic acid groups (broad SMARTS) is 1. The van der Waals surface area contributed by atoms with Crippen LogP contribution in [0.25, 0.3) is 0 Å². The van der Waals surface area contributed by atoms with Gasteiger partial charge in [0.15, 0.2) is 11.5 Å². The number of nitrogens with one attached hydrogen (secondary N) is 1. The monoisotopic (exact) mass is 341 g/mol. The smallest absolute Gasteiger partial charge is 0.335 e. The predicted octanol–water partition coefficient (Wildman–Crippen LogP) is 2.82. The van der Waals surface area contributed by atoms with Crippen molar-refractivity contribution in [3.8, 4) is 11.5 Å². The van der Waals surface area contributed by atoms with E-state index in [1.165, 1.54) is 12.1 Å². The van der Waals surface area contributed by atoms with Gasteiger partial charge in [-0.25, -0.2) is 4.79 Å². The van der Waals surface area contributed by atoms with Gasteiger partial charge < -0.3 is 19.9 Å². The highest BCUT2D eigenvalue weighted by Crippen LogP contribution is 2.36. The highest BCUT2D eigenvalue weighted by Gasteiger charge is 2.25. The molecule has 25 heavy (non-hydrogen) atoms. The fraction of sp³-hybridized carbons (Fsp3) is 0.263. The van der Waals surface area contributed by atoms with Gasteiger partial charge in [0.1, 0.15) is 0 Å².